The van der Waals surface area contributed by atoms with Gasteiger partial charge in [0.05, 0.1) is 18.2 Å². The lowest BCUT2D eigenvalue weighted by atomic mass is 9.92. The number of hydrogen-bond donors (Lipinski definition) is 1. The van der Waals surface area contributed by atoms with E-state index >= 15 is 0 Å². The van der Waals surface area contributed by atoms with Gasteiger partial charge in [0.15, 0.2) is 0 Å². The molecule has 1 aliphatic heterocycles. The van der Waals surface area contributed by atoms with E-state index in [1.165, 1.54) is 18.5 Å². The highest BCUT2D eigenvalue weighted by molar-refractivity contribution is 5.06. The Labute approximate surface area is 116 Å². The van der Waals surface area contributed by atoms with E-state index in [9.17, 15) is 0 Å². The van der Waals surface area contributed by atoms with Crippen molar-refractivity contribution in [3.05, 3.63) is 18.2 Å². The summed E-state index contributed by atoms with van der Waals surface area (Å²) >= 11 is 0. The highest BCUT2D eigenvalue weighted by Gasteiger charge is 2.29. The second kappa shape index (κ2) is 7.06. The van der Waals surface area contributed by atoms with Crippen molar-refractivity contribution in [3.8, 4) is 0 Å². The molecule has 0 saturated carbocycles. The molecule has 1 fully saturated rings. The third-order valence-corrected chi connectivity index (χ3v) is 3.73. The summed E-state index contributed by atoms with van der Waals surface area (Å²) in [5.74, 6) is 0.559. The van der Waals surface area contributed by atoms with E-state index in [-0.39, 0.29) is 6.10 Å². The largest absolute Gasteiger partial charge is 0.372 e. The van der Waals surface area contributed by atoms with E-state index < -0.39 is 0 Å². The molecule has 1 saturated heterocycles. The van der Waals surface area contributed by atoms with Gasteiger partial charge in [0.2, 0.25) is 0 Å². The number of hydrogen-bond acceptors (Lipinski definition) is 3. The zero-order valence-electron chi connectivity index (χ0n) is 12.4. The topological polar surface area (TPSA) is 39.1 Å². The molecule has 1 N–H and O–H groups in total. The average Bonchev–Trinajstić information content (AvgIpc) is 2.85. The van der Waals surface area contributed by atoms with Gasteiger partial charge in [-0.3, -0.25) is 0 Å². The van der Waals surface area contributed by atoms with Crippen molar-refractivity contribution >= 4 is 0 Å². The molecule has 2 rings (SSSR count). The first-order chi connectivity index (χ1) is 9.22. The smallest absolute Gasteiger partial charge is 0.103 e. The first-order valence-electron chi connectivity index (χ1n) is 7.57. The lowest BCUT2D eigenvalue weighted by Crippen LogP contribution is -2.35. The summed E-state index contributed by atoms with van der Waals surface area (Å²) in [6, 6.07) is 0.531. The summed E-state index contributed by atoms with van der Waals surface area (Å²) in [6.45, 7) is 9.52. The van der Waals surface area contributed by atoms with Crippen molar-refractivity contribution in [1.29, 1.82) is 0 Å². The minimum absolute atomic E-state index is 0.203. The lowest BCUT2D eigenvalue weighted by Gasteiger charge is -2.33. The van der Waals surface area contributed by atoms with Crippen LogP contribution in [0.25, 0.3) is 0 Å². The molecule has 0 bridgehead atoms. The maximum atomic E-state index is 6.05. The molecule has 0 spiro atoms. The van der Waals surface area contributed by atoms with Gasteiger partial charge in [-0.2, -0.15) is 0 Å². The molecule has 4 nitrogen and oxygen atoms in total. The second-order valence-corrected chi connectivity index (χ2v) is 5.77. The molecular weight excluding hydrogens is 238 g/mol. The van der Waals surface area contributed by atoms with E-state index in [1.54, 1.807) is 0 Å². The maximum Gasteiger partial charge on any atom is 0.103 e. The zero-order chi connectivity index (χ0) is 13.7. The number of ether oxygens (including phenoxy) is 1. The molecule has 0 amide bonds. The summed E-state index contributed by atoms with van der Waals surface area (Å²) in [7, 11) is 0. The molecule has 2 atom stereocenters. The second-order valence-electron chi connectivity index (χ2n) is 5.77. The maximum absolute atomic E-state index is 6.05. The molecular formula is C15H27N3O. The standard InChI is InChI=1S/C15H27N3O/c1-4-7-18-11-16-10-14(18)15-13(6-5-8-19-15)9-17-12(2)3/h10-13,15,17H,4-9H2,1-3H3. The number of aryl methyl sites for hydroxylation is 1. The van der Waals surface area contributed by atoms with Gasteiger partial charge in [-0.15, -0.1) is 0 Å². The van der Waals surface area contributed by atoms with Crippen molar-refractivity contribution in [1.82, 2.24) is 14.9 Å². The molecule has 2 heterocycles. The molecule has 1 aromatic rings. The van der Waals surface area contributed by atoms with Crippen molar-refractivity contribution in [2.75, 3.05) is 13.2 Å². The van der Waals surface area contributed by atoms with Crippen molar-refractivity contribution in [2.45, 2.75) is 58.7 Å². The van der Waals surface area contributed by atoms with Crippen LogP contribution >= 0.6 is 0 Å². The van der Waals surface area contributed by atoms with Gasteiger partial charge in [0.1, 0.15) is 6.10 Å². The first-order valence-corrected chi connectivity index (χ1v) is 7.57. The monoisotopic (exact) mass is 265 g/mol. The van der Waals surface area contributed by atoms with E-state index in [1.807, 2.05) is 12.5 Å². The summed E-state index contributed by atoms with van der Waals surface area (Å²) in [6.07, 6.45) is 7.65. The van der Waals surface area contributed by atoms with Crippen LogP contribution < -0.4 is 5.32 Å². The van der Waals surface area contributed by atoms with Crippen molar-refractivity contribution in [2.24, 2.45) is 5.92 Å². The number of nitrogens with zero attached hydrogens (tertiary/aromatic N) is 2. The van der Waals surface area contributed by atoms with Gasteiger partial charge in [-0.25, -0.2) is 4.98 Å². The minimum Gasteiger partial charge on any atom is -0.372 e. The Bertz CT molecular complexity index is 375. The van der Waals surface area contributed by atoms with Crippen LogP contribution in [0.1, 0.15) is 51.8 Å². The fourth-order valence-corrected chi connectivity index (χ4v) is 2.76. The molecule has 108 valence electrons. The highest BCUT2D eigenvalue weighted by Crippen LogP contribution is 2.33. The van der Waals surface area contributed by atoms with Gasteiger partial charge in [-0.05, 0) is 19.3 Å². The fourth-order valence-electron chi connectivity index (χ4n) is 2.76. The van der Waals surface area contributed by atoms with Crippen LogP contribution in [0, 0.1) is 5.92 Å². The normalized spacial score (nSPS) is 24.0. The Kier molecular flexibility index (Phi) is 5.40. The van der Waals surface area contributed by atoms with E-state index in [2.05, 4.69) is 35.6 Å². The summed E-state index contributed by atoms with van der Waals surface area (Å²) in [5.41, 5.74) is 1.25. The third kappa shape index (κ3) is 3.80. The molecule has 0 radical (unpaired) electrons. The van der Waals surface area contributed by atoms with Crippen LogP contribution in [0.5, 0.6) is 0 Å². The Balaban J connectivity index is 2.07. The number of nitrogens with one attached hydrogen (secondary N) is 1. The van der Waals surface area contributed by atoms with Gasteiger partial charge in [-0.1, -0.05) is 20.8 Å². The Morgan fingerprint density at radius 2 is 2.37 bits per heavy atom. The van der Waals surface area contributed by atoms with E-state index in [0.29, 0.717) is 12.0 Å². The van der Waals surface area contributed by atoms with E-state index in [0.717, 1.165) is 26.1 Å². The number of aromatic nitrogens is 2. The quantitative estimate of drug-likeness (QED) is 0.859. The SMILES string of the molecule is CCCn1cncc1C1OCCCC1CNC(C)C. The number of rotatable bonds is 6. The van der Waals surface area contributed by atoms with Crippen molar-refractivity contribution in [3.63, 3.8) is 0 Å². The molecule has 1 aliphatic rings. The third-order valence-electron chi connectivity index (χ3n) is 3.73. The molecule has 2 unspecified atom stereocenters. The molecule has 0 aromatic carbocycles. The summed E-state index contributed by atoms with van der Waals surface area (Å²) in [5, 5.41) is 3.55. The average molecular weight is 265 g/mol. The summed E-state index contributed by atoms with van der Waals surface area (Å²) in [4.78, 5) is 4.31. The minimum atomic E-state index is 0.203. The van der Waals surface area contributed by atoms with Gasteiger partial charge in [0, 0.05) is 31.7 Å². The van der Waals surface area contributed by atoms with Crippen LogP contribution in [0.2, 0.25) is 0 Å². The molecule has 4 heteroatoms. The summed E-state index contributed by atoms with van der Waals surface area (Å²) < 4.78 is 8.30. The van der Waals surface area contributed by atoms with Crippen LogP contribution in [-0.2, 0) is 11.3 Å². The Hall–Kier alpha value is -0.870. The van der Waals surface area contributed by atoms with Crippen LogP contribution in [0.3, 0.4) is 0 Å². The van der Waals surface area contributed by atoms with Gasteiger partial charge >= 0.3 is 0 Å². The van der Waals surface area contributed by atoms with Gasteiger partial charge < -0.3 is 14.6 Å². The fraction of sp³-hybridized carbons (Fsp3) is 0.800. The zero-order valence-corrected chi connectivity index (χ0v) is 12.4. The Morgan fingerprint density at radius 3 is 3.11 bits per heavy atom. The lowest BCUT2D eigenvalue weighted by molar-refractivity contribution is -0.0326. The predicted molar refractivity (Wildman–Crippen MR) is 77.1 cm³/mol. The molecule has 0 aliphatic carbocycles. The van der Waals surface area contributed by atoms with E-state index in [4.69, 9.17) is 4.74 Å². The Morgan fingerprint density at radius 1 is 1.53 bits per heavy atom. The first kappa shape index (κ1) is 14.5. The molecule has 1 aromatic heterocycles. The van der Waals surface area contributed by atoms with Crippen LogP contribution in [0.4, 0.5) is 0 Å². The highest BCUT2D eigenvalue weighted by atomic mass is 16.5. The predicted octanol–water partition coefficient (Wildman–Crippen LogP) is 2.76. The number of imidazole rings is 1. The molecule has 19 heavy (non-hydrogen) atoms. The van der Waals surface area contributed by atoms with Crippen LogP contribution in [0.15, 0.2) is 12.5 Å². The van der Waals surface area contributed by atoms with Crippen molar-refractivity contribution < 1.29 is 4.74 Å². The van der Waals surface area contributed by atoms with Crippen LogP contribution in [-0.4, -0.2) is 28.7 Å². The van der Waals surface area contributed by atoms with Gasteiger partial charge in [0.25, 0.3) is 0 Å².